The zero-order valence-corrected chi connectivity index (χ0v) is 12.2. The van der Waals surface area contributed by atoms with Crippen molar-refractivity contribution in [2.24, 2.45) is 0 Å². The van der Waals surface area contributed by atoms with Crippen LogP contribution in [0.4, 0.5) is 0 Å². The zero-order valence-electron chi connectivity index (χ0n) is 9.79. The fourth-order valence-electron chi connectivity index (χ4n) is 1.26. The molecule has 90 valence electrons. The third-order valence-electron chi connectivity index (χ3n) is 2.18. The van der Waals surface area contributed by atoms with Crippen LogP contribution in [0.15, 0.2) is 15.9 Å². The van der Waals surface area contributed by atoms with Crippen molar-refractivity contribution in [3.63, 3.8) is 0 Å². The summed E-state index contributed by atoms with van der Waals surface area (Å²) in [7, 11) is 4.07. The van der Waals surface area contributed by atoms with Gasteiger partial charge in [-0.05, 0) is 62.0 Å². The number of carbonyl (C=O) groups is 1. The molecule has 0 spiro atoms. The van der Waals surface area contributed by atoms with Gasteiger partial charge in [-0.1, -0.05) is 0 Å². The van der Waals surface area contributed by atoms with E-state index in [-0.39, 0.29) is 11.9 Å². The highest BCUT2D eigenvalue weighted by Gasteiger charge is 2.11. The Kier molecular flexibility index (Phi) is 5.44. The second kappa shape index (κ2) is 6.37. The van der Waals surface area contributed by atoms with Crippen LogP contribution in [0.1, 0.15) is 23.0 Å². The summed E-state index contributed by atoms with van der Waals surface area (Å²) in [5, 5.41) is 2.99. The van der Waals surface area contributed by atoms with Gasteiger partial charge in [-0.15, -0.1) is 11.3 Å². The molecule has 0 fully saturated rings. The molecular formula is C11H17BrN2OS. The molecule has 0 bridgehead atoms. The predicted octanol–water partition coefficient (Wildman–Crippen LogP) is 2.58. The Morgan fingerprint density at radius 2 is 2.25 bits per heavy atom. The number of nitrogens with one attached hydrogen (secondary N) is 1. The van der Waals surface area contributed by atoms with Gasteiger partial charge >= 0.3 is 0 Å². The number of nitrogens with zero attached hydrogens (tertiary/aromatic N) is 1. The van der Waals surface area contributed by atoms with E-state index < -0.39 is 0 Å². The second-order valence-corrected chi connectivity index (χ2v) is 6.53. The molecule has 16 heavy (non-hydrogen) atoms. The quantitative estimate of drug-likeness (QED) is 0.907. The van der Waals surface area contributed by atoms with Crippen LogP contribution in [-0.4, -0.2) is 37.5 Å². The van der Waals surface area contributed by atoms with Gasteiger partial charge in [0.05, 0.1) is 8.66 Å². The number of thiophene rings is 1. The minimum atomic E-state index is 0.0157. The molecule has 0 radical (unpaired) electrons. The normalized spacial score (nSPS) is 12.8. The summed E-state index contributed by atoms with van der Waals surface area (Å²) in [6.07, 6.45) is 0.964. The van der Waals surface area contributed by atoms with E-state index in [9.17, 15) is 4.79 Å². The minimum absolute atomic E-state index is 0.0157. The maximum absolute atomic E-state index is 11.8. The molecule has 0 saturated heterocycles. The van der Waals surface area contributed by atoms with Crippen LogP contribution in [0.2, 0.25) is 0 Å². The molecule has 0 aliphatic carbocycles. The van der Waals surface area contributed by atoms with Crippen LogP contribution >= 0.6 is 27.3 Å². The first kappa shape index (κ1) is 13.7. The van der Waals surface area contributed by atoms with Gasteiger partial charge in [-0.3, -0.25) is 4.79 Å². The van der Waals surface area contributed by atoms with Crippen molar-refractivity contribution in [1.82, 2.24) is 10.2 Å². The molecule has 1 unspecified atom stereocenters. The maximum atomic E-state index is 11.8. The van der Waals surface area contributed by atoms with Gasteiger partial charge in [0, 0.05) is 6.04 Å². The van der Waals surface area contributed by atoms with E-state index in [0.717, 1.165) is 21.6 Å². The fourth-order valence-corrected chi connectivity index (χ4v) is 2.54. The molecule has 1 N–H and O–H groups in total. The van der Waals surface area contributed by atoms with E-state index in [1.807, 2.05) is 33.2 Å². The van der Waals surface area contributed by atoms with Crippen LogP contribution in [0.3, 0.4) is 0 Å². The number of halogens is 1. The van der Waals surface area contributed by atoms with Crippen molar-refractivity contribution in [3.05, 3.63) is 20.8 Å². The monoisotopic (exact) mass is 304 g/mol. The average molecular weight is 305 g/mol. The Balaban J connectivity index is 2.39. The SMILES string of the molecule is CC(CCN(C)C)NC(=O)c1ccc(Br)s1. The smallest absolute Gasteiger partial charge is 0.261 e. The number of rotatable bonds is 5. The Hall–Kier alpha value is -0.390. The van der Waals surface area contributed by atoms with Crippen LogP contribution in [0, 0.1) is 0 Å². The molecule has 1 amide bonds. The van der Waals surface area contributed by atoms with E-state index in [1.165, 1.54) is 11.3 Å². The lowest BCUT2D eigenvalue weighted by molar-refractivity contribution is 0.0941. The third-order valence-corrected chi connectivity index (χ3v) is 3.81. The maximum Gasteiger partial charge on any atom is 0.261 e. The van der Waals surface area contributed by atoms with Crippen LogP contribution in [0.25, 0.3) is 0 Å². The molecule has 0 aliphatic rings. The Labute approximate surface area is 109 Å². The lowest BCUT2D eigenvalue weighted by atomic mass is 10.2. The first-order chi connectivity index (χ1) is 7.49. The molecule has 0 aromatic carbocycles. The van der Waals surface area contributed by atoms with Gasteiger partial charge in [-0.25, -0.2) is 0 Å². The summed E-state index contributed by atoms with van der Waals surface area (Å²) in [4.78, 5) is 14.6. The van der Waals surface area contributed by atoms with E-state index >= 15 is 0 Å². The largest absolute Gasteiger partial charge is 0.349 e. The molecule has 0 aliphatic heterocycles. The Bertz CT molecular complexity index is 352. The van der Waals surface area contributed by atoms with Crippen molar-refractivity contribution in [2.45, 2.75) is 19.4 Å². The molecule has 1 heterocycles. The summed E-state index contributed by atoms with van der Waals surface area (Å²) in [5.74, 6) is 0.0157. The first-order valence-electron chi connectivity index (χ1n) is 5.20. The fraction of sp³-hybridized carbons (Fsp3) is 0.545. The van der Waals surface area contributed by atoms with Gasteiger partial charge < -0.3 is 10.2 Å². The summed E-state index contributed by atoms with van der Waals surface area (Å²) < 4.78 is 0.985. The molecule has 3 nitrogen and oxygen atoms in total. The zero-order chi connectivity index (χ0) is 12.1. The van der Waals surface area contributed by atoms with Gasteiger partial charge in [-0.2, -0.15) is 0 Å². The van der Waals surface area contributed by atoms with E-state index in [0.29, 0.717) is 0 Å². The Morgan fingerprint density at radius 1 is 1.56 bits per heavy atom. The lowest BCUT2D eigenvalue weighted by Gasteiger charge is -2.16. The standard InChI is InChI=1S/C11H17BrN2OS/c1-8(6-7-14(2)3)13-11(15)9-4-5-10(12)16-9/h4-5,8H,6-7H2,1-3H3,(H,13,15). The molecule has 1 aromatic rings. The highest BCUT2D eigenvalue weighted by atomic mass is 79.9. The number of hydrogen-bond acceptors (Lipinski definition) is 3. The van der Waals surface area contributed by atoms with Crippen molar-refractivity contribution in [3.8, 4) is 0 Å². The molecular weight excluding hydrogens is 288 g/mol. The van der Waals surface area contributed by atoms with Crippen molar-refractivity contribution in [2.75, 3.05) is 20.6 Å². The van der Waals surface area contributed by atoms with E-state index in [2.05, 4.69) is 26.1 Å². The second-order valence-electron chi connectivity index (χ2n) is 4.07. The highest BCUT2D eigenvalue weighted by Crippen LogP contribution is 2.21. The topological polar surface area (TPSA) is 32.3 Å². The average Bonchev–Trinajstić information content (AvgIpc) is 2.62. The molecule has 1 aromatic heterocycles. The Morgan fingerprint density at radius 3 is 2.75 bits per heavy atom. The summed E-state index contributed by atoms with van der Waals surface area (Å²) in [5.41, 5.74) is 0. The van der Waals surface area contributed by atoms with Crippen LogP contribution < -0.4 is 5.32 Å². The number of hydrogen-bond donors (Lipinski definition) is 1. The van der Waals surface area contributed by atoms with Crippen molar-refractivity contribution < 1.29 is 4.79 Å². The van der Waals surface area contributed by atoms with Gasteiger partial charge in [0.15, 0.2) is 0 Å². The van der Waals surface area contributed by atoms with Crippen molar-refractivity contribution in [1.29, 1.82) is 0 Å². The van der Waals surface area contributed by atoms with Gasteiger partial charge in [0.2, 0.25) is 0 Å². The predicted molar refractivity (Wildman–Crippen MR) is 72.1 cm³/mol. The van der Waals surface area contributed by atoms with Gasteiger partial charge in [0.1, 0.15) is 0 Å². The lowest BCUT2D eigenvalue weighted by Crippen LogP contribution is -2.34. The number of amides is 1. The summed E-state index contributed by atoms with van der Waals surface area (Å²) in [6.45, 7) is 3.01. The van der Waals surface area contributed by atoms with Crippen LogP contribution in [0.5, 0.6) is 0 Å². The third kappa shape index (κ3) is 4.63. The van der Waals surface area contributed by atoms with Gasteiger partial charge in [0.25, 0.3) is 5.91 Å². The highest BCUT2D eigenvalue weighted by molar-refractivity contribution is 9.11. The molecule has 0 saturated carbocycles. The van der Waals surface area contributed by atoms with E-state index in [4.69, 9.17) is 0 Å². The van der Waals surface area contributed by atoms with Crippen LogP contribution in [-0.2, 0) is 0 Å². The first-order valence-corrected chi connectivity index (χ1v) is 6.81. The molecule has 1 rings (SSSR count). The molecule has 5 heteroatoms. The summed E-state index contributed by atoms with van der Waals surface area (Å²) >= 11 is 4.80. The summed E-state index contributed by atoms with van der Waals surface area (Å²) in [6, 6.07) is 3.93. The van der Waals surface area contributed by atoms with Crippen molar-refractivity contribution >= 4 is 33.2 Å². The minimum Gasteiger partial charge on any atom is -0.349 e. The van der Waals surface area contributed by atoms with E-state index in [1.54, 1.807) is 0 Å². The number of carbonyl (C=O) groups excluding carboxylic acids is 1. The molecule has 1 atom stereocenters.